The highest BCUT2D eigenvalue weighted by atomic mass is 32.2. The maximum absolute atomic E-state index is 5.59. The van der Waals surface area contributed by atoms with Crippen molar-refractivity contribution in [3.63, 3.8) is 0 Å². The van der Waals surface area contributed by atoms with Crippen molar-refractivity contribution >= 4 is 11.8 Å². The number of rotatable bonds is 3. The Hall–Kier alpha value is -1.40. The molecule has 0 radical (unpaired) electrons. The number of aryl methyl sites for hydroxylation is 1. The summed E-state index contributed by atoms with van der Waals surface area (Å²) in [6.07, 6.45) is 1.73. The molecule has 0 aliphatic heterocycles. The third kappa shape index (κ3) is 2.34. The maximum Gasteiger partial charge on any atom is 0.213 e. The predicted octanol–water partition coefficient (Wildman–Crippen LogP) is 1.12. The van der Waals surface area contributed by atoms with Crippen LogP contribution in [0.4, 0.5) is 0 Å². The molecule has 0 aromatic carbocycles. The lowest BCUT2D eigenvalue weighted by Crippen LogP contribution is -2.00. The third-order valence-electron chi connectivity index (χ3n) is 1.82. The Morgan fingerprint density at radius 1 is 1.53 bits per heavy atom. The molecule has 2 aromatic heterocycles. The Bertz CT molecular complexity index is 453. The van der Waals surface area contributed by atoms with E-state index in [1.54, 1.807) is 6.20 Å². The van der Waals surface area contributed by atoms with Gasteiger partial charge in [-0.15, -0.1) is 5.10 Å². The van der Waals surface area contributed by atoms with Crippen LogP contribution in [0.1, 0.15) is 11.5 Å². The van der Waals surface area contributed by atoms with Gasteiger partial charge in [-0.05, 0) is 30.8 Å². The Labute approximate surface area is 91.5 Å². The summed E-state index contributed by atoms with van der Waals surface area (Å²) in [6.45, 7) is 2.29. The van der Waals surface area contributed by atoms with E-state index in [1.165, 1.54) is 11.8 Å². The minimum absolute atomic E-state index is 0.423. The molecule has 0 spiro atoms. The number of hydrogen-bond donors (Lipinski definition) is 2. The van der Waals surface area contributed by atoms with Crippen LogP contribution in [0.5, 0.6) is 0 Å². The van der Waals surface area contributed by atoms with Crippen molar-refractivity contribution in [2.45, 2.75) is 23.5 Å². The molecule has 6 heteroatoms. The Balaban J connectivity index is 2.23. The van der Waals surface area contributed by atoms with Crippen molar-refractivity contribution in [2.24, 2.45) is 5.73 Å². The number of H-pyrrole nitrogens is 1. The molecule has 0 fully saturated rings. The molecule has 0 atom stereocenters. The molecule has 15 heavy (non-hydrogen) atoms. The fourth-order valence-corrected chi connectivity index (χ4v) is 2.01. The molecule has 78 valence electrons. The normalized spacial score (nSPS) is 10.5. The molecule has 0 saturated carbocycles. The van der Waals surface area contributed by atoms with Gasteiger partial charge in [0.05, 0.1) is 5.69 Å². The molecule has 0 bridgehead atoms. The van der Waals surface area contributed by atoms with Crippen molar-refractivity contribution in [1.29, 1.82) is 0 Å². The topological polar surface area (TPSA) is 80.5 Å². The summed E-state index contributed by atoms with van der Waals surface area (Å²) in [5.74, 6) is 0.802. The molecule has 0 aliphatic rings. The summed E-state index contributed by atoms with van der Waals surface area (Å²) in [4.78, 5) is 9.40. The van der Waals surface area contributed by atoms with Crippen LogP contribution in [0.15, 0.2) is 28.4 Å². The summed E-state index contributed by atoms with van der Waals surface area (Å²) < 4.78 is 0. The Kier molecular flexibility index (Phi) is 2.98. The van der Waals surface area contributed by atoms with Crippen molar-refractivity contribution < 1.29 is 0 Å². The second-order valence-electron chi connectivity index (χ2n) is 2.96. The fraction of sp³-hybridized carbons (Fsp3) is 0.222. The van der Waals surface area contributed by atoms with Gasteiger partial charge in [0.25, 0.3) is 0 Å². The highest BCUT2D eigenvalue weighted by molar-refractivity contribution is 7.99. The number of aromatic nitrogens is 4. The minimum Gasteiger partial charge on any atom is -0.325 e. The fourth-order valence-electron chi connectivity index (χ4n) is 1.14. The SMILES string of the molecule is Cc1nc(Sc2cccnc2CN)n[nH]1. The zero-order valence-electron chi connectivity index (χ0n) is 8.27. The molecular weight excluding hydrogens is 210 g/mol. The number of hydrogen-bond acceptors (Lipinski definition) is 5. The monoisotopic (exact) mass is 221 g/mol. The maximum atomic E-state index is 5.59. The van der Waals surface area contributed by atoms with Gasteiger partial charge in [-0.25, -0.2) is 4.98 Å². The highest BCUT2D eigenvalue weighted by Gasteiger charge is 2.06. The van der Waals surface area contributed by atoms with Crippen LogP contribution in [0.3, 0.4) is 0 Å². The van der Waals surface area contributed by atoms with Crippen LogP contribution >= 0.6 is 11.8 Å². The molecule has 0 unspecified atom stereocenters. The van der Waals surface area contributed by atoms with E-state index < -0.39 is 0 Å². The lowest BCUT2D eigenvalue weighted by molar-refractivity contribution is 0.932. The first-order valence-corrected chi connectivity index (χ1v) is 5.32. The first-order chi connectivity index (χ1) is 7.29. The quantitative estimate of drug-likeness (QED) is 0.811. The molecule has 0 amide bonds. The van der Waals surface area contributed by atoms with Gasteiger partial charge in [0.1, 0.15) is 5.82 Å². The van der Waals surface area contributed by atoms with Crippen LogP contribution in [0.25, 0.3) is 0 Å². The van der Waals surface area contributed by atoms with Gasteiger partial charge in [0.15, 0.2) is 0 Å². The van der Waals surface area contributed by atoms with Crippen LogP contribution in [-0.2, 0) is 6.54 Å². The van der Waals surface area contributed by atoms with Gasteiger partial charge in [-0.2, -0.15) is 0 Å². The van der Waals surface area contributed by atoms with E-state index in [1.807, 2.05) is 19.1 Å². The molecule has 2 heterocycles. The summed E-state index contributed by atoms with van der Waals surface area (Å²) in [6, 6.07) is 3.84. The lowest BCUT2D eigenvalue weighted by Gasteiger charge is -2.02. The molecule has 2 rings (SSSR count). The summed E-state index contributed by atoms with van der Waals surface area (Å²) >= 11 is 1.46. The molecule has 3 N–H and O–H groups in total. The average molecular weight is 221 g/mol. The van der Waals surface area contributed by atoms with E-state index in [9.17, 15) is 0 Å². The summed E-state index contributed by atoms with van der Waals surface area (Å²) in [5, 5.41) is 7.53. The first-order valence-electron chi connectivity index (χ1n) is 4.50. The van der Waals surface area contributed by atoms with E-state index in [0.29, 0.717) is 11.7 Å². The van der Waals surface area contributed by atoms with E-state index in [4.69, 9.17) is 5.73 Å². The van der Waals surface area contributed by atoms with Gasteiger partial charge in [-0.3, -0.25) is 10.1 Å². The summed E-state index contributed by atoms with van der Waals surface area (Å²) in [5.41, 5.74) is 6.45. The van der Waals surface area contributed by atoms with E-state index >= 15 is 0 Å². The highest BCUT2D eigenvalue weighted by Crippen LogP contribution is 2.26. The van der Waals surface area contributed by atoms with Crippen molar-refractivity contribution in [3.8, 4) is 0 Å². The zero-order chi connectivity index (χ0) is 10.7. The minimum atomic E-state index is 0.423. The Morgan fingerprint density at radius 3 is 3.07 bits per heavy atom. The predicted molar refractivity (Wildman–Crippen MR) is 57.4 cm³/mol. The van der Waals surface area contributed by atoms with Gasteiger partial charge < -0.3 is 5.73 Å². The van der Waals surface area contributed by atoms with Gasteiger partial charge in [-0.1, -0.05) is 0 Å². The second-order valence-corrected chi connectivity index (χ2v) is 3.97. The molecule has 5 nitrogen and oxygen atoms in total. The molecule has 2 aromatic rings. The van der Waals surface area contributed by atoms with Crippen molar-refractivity contribution in [1.82, 2.24) is 20.2 Å². The first kappa shape index (κ1) is 10.1. The summed E-state index contributed by atoms with van der Waals surface area (Å²) in [7, 11) is 0. The second kappa shape index (κ2) is 4.41. The molecule has 0 aliphatic carbocycles. The number of nitrogens with one attached hydrogen (secondary N) is 1. The average Bonchev–Trinajstić information content (AvgIpc) is 2.65. The third-order valence-corrected chi connectivity index (χ3v) is 2.78. The van der Waals surface area contributed by atoms with Crippen molar-refractivity contribution in [2.75, 3.05) is 0 Å². The molecular formula is C9H11N5S. The standard InChI is InChI=1S/C9H11N5S/c1-6-12-9(14-13-6)15-8-3-2-4-11-7(8)5-10/h2-4H,5,10H2,1H3,(H,12,13,14). The van der Waals surface area contributed by atoms with Gasteiger partial charge >= 0.3 is 0 Å². The number of pyridine rings is 1. The number of nitrogens with zero attached hydrogens (tertiary/aromatic N) is 3. The van der Waals surface area contributed by atoms with E-state index in [-0.39, 0.29) is 0 Å². The number of aromatic amines is 1. The Morgan fingerprint density at radius 2 is 2.40 bits per heavy atom. The van der Waals surface area contributed by atoms with E-state index in [2.05, 4.69) is 20.2 Å². The van der Waals surface area contributed by atoms with Crippen LogP contribution in [-0.4, -0.2) is 20.2 Å². The molecule has 0 saturated heterocycles. The largest absolute Gasteiger partial charge is 0.325 e. The smallest absolute Gasteiger partial charge is 0.213 e. The van der Waals surface area contributed by atoms with Crippen LogP contribution < -0.4 is 5.73 Å². The zero-order valence-corrected chi connectivity index (χ0v) is 9.08. The number of nitrogens with two attached hydrogens (primary N) is 1. The van der Waals surface area contributed by atoms with E-state index in [0.717, 1.165) is 16.4 Å². The van der Waals surface area contributed by atoms with Crippen LogP contribution in [0, 0.1) is 6.92 Å². The van der Waals surface area contributed by atoms with Gasteiger partial charge in [0.2, 0.25) is 5.16 Å². The van der Waals surface area contributed by atoms with Crippen LogP contribution in [0.2, 0.25) is 0 Å². The van der Waals surface area contributed by atoms with Crippen molar-refractivity contribution in [3.05, 3.63) is 29.8 Å². The lowest BCUT2D eigenvalue weighted by atomic mass is 10.3. The van der Waals surface area contributed by atoms with Gasteiger partial charge in [0, 0.05) is 17.6 Å².